The summed E-state index contributed by atoms with van der Waals surface area (Å²) in [6, 6.07) is 4.88. The summed E-state index contributed by atoms with van der Waals surface area (Å²) in [6.07, 6.45) is 5.65. The van der Waals surface area contributed by atoms with E-state index in [2.05, 4.69) is 15.0 Å². The van der Waals surface area contributed by atoms with Gasteiger partial charge in [-0.2, -0.15) is 4.31 Å². The molecule has 0 N–H and O–H groups in total. The highest BCUT2D eigenvalue weighted by atomic mass is 35.5. The Morgan fingerprint density at radius 2 is 1.74 bits per heavy atom. The largest absolute Gasteiger partial charge is 0.353 e. The maximum atomic E-state index is 14.5. The van der Waals surface area contributed by atoms with Gasteiger partial charge in [0.05, 0.1) is 23.2 Å². The lowest BCUT2D eigenvalue weighted by Crippen LogP contribution is -2.48. The van der Waals surface area contributed by atoms with Crippen molar-refractivity contribution in [3.63, 3.8) is 0 Å². The molecular weight excluding hydrogens is 448 g/mol. The molecule has 0 amide bonds. The minimum absolute atomic E-state index is 0.0882. The molecule has 1 saturated heterocycles. The third kappa shape index (κ3) is 4.51. The number of hydrogen-bond acceptors (Lipinski definition) is 6. The minimum Gasteiger partial charge on any atom is -0.353 e. The van der Waals surface area contributed by atoms with E-state index in [9.17, 15) is 17.2 Å². The fraction of sp³-hybridized carbons (Fsp3) is 0.250. The lowest BCUT2D eigenvalue weighted by molar-refractivity contribution is 0.387. The number of pyridine rings is 1. The van der Waals surface area contributed by atoms with Crippen LogP contribution >= 0.6 is 11.6 Å². The minimum atomic E-state index is -3.27. The van der Waals surface area contributed by atoms with Crippen molar-refractivity contribution in [1.82, 2.24) is 19.3 Å². The summed E-state index contributed by atoms with van der Waals surface area (Å²) in [6.45, 7) is 1.49. The van der Waals surface area contributed by atoms with E-state index in [-0.39, 0.29) is 11.3 Å². The average Bonchev–Trinajstić information content (AvgIpc) is 2.73. The van der Waals surface area contributed by atoms with Gasteiger partial charge in [0.25, 0.3) is 0 Å². The number of halogens is 3. The average molecular weight is 466 g/mol. The summed E-state index contributed by atoms with van der Waals surface area (Å²) in [5, 5.41) is 0.305. The Bertz CT molecular complexity index is 1230. The third-order valence-corrected chi connectivity index (χ3v) is 6.61. The van der Waals surface area contributed by atoms with Crippen molar-refractivity contribution in [2.75, 3.05) is 37.3 Å². The Kier molecular flexibility index (Phi) is 5.87. The van der Waals surface area contributed by atoms with Crippen LogP contribution in [0.5, 0.6) is 0 Å². The van der Waals surface area contributed by atoms with E-state index in [1.807, 2.05) is 4.90 Å². The van der Waals surface area contributed by atoms with Crippen LogP contribution < -0.4 is 4.90 Å². The van der Waals surface area contributed by atoms with Crippen LogP contribution in [0.3, 0.4) is 0 Å². The van der Waals surface area contributed by atoms with Crippen LogP contribution in [0.25, 0.3) is 22.5 Å². The Labute approximate surface area is 183 Å². The van der Waals surface area contributed by atoms with Crippen LogP contribution in [0, 0.1) is 11.6 Å². The molecule has 0 spiro atoms. The molecule has 0 saturated carbocycles. The molecule has 7 nitrogen and oxygen atoms in total. The van der Waals surface area contributed by atoms with E-state index in [0.717, 1.165) is 12.1 Å². The van der Waals surface area contributed by atoms with Crippen LogP contribution in [0.15, 0.2) is 42.9 Å². The fourth-order valence-electron chi connectivity index (χ4n) is 3.41. The van der Waals surface area contributed by atoms with Crippen molar-refractivity contribution in [3.05, 3.63) is 59.5 Å². The first-order valence-corrected chi connectivity index (χ1v) is 11.6. The van der Waals surface area contributed by atoms with E-state index in [0.29, 0.717) is 48.3 Å². The van der Waals surface area contributed by atoms with Crippen molar-refractivity contribution >= 4 is 27.4 Å². The SMILES string of the molecule is CS(=O)(=O)N1CCN(c2cnc(-c3ccc(F)cc3F)c(-c3ccncc3Cl)n2)CC1. The number of benzene rings is 1. The topological polar surface area (TPSA) is 79.3 Å². The van der Waals surface area contributed by atoms with Gasteiger partial charge in [-0.05, 0) is 18.2 Å². The quantitative estimate of drug-likeness (QED) is 0.588. The molecule has 2 aromatic heterocycles. The van der Waals surface area contributed by atoms with Crippen LogP contribution in [0.4, 0.5) is 14.6 Å². The van der Waals surface area contributed by atoms with Crippen molar-refractivity contribution in [2.24, 2.45) is 0 Å². The number of piperazine rings is 1. The Morgan fingerprint density at radius 1 is 1.00 bits per heavy atom. The maximum Gasteiger partial charge on any atom is 0.211 e. The molecule has 1 aliphatic rings. The number of anilines is 1. The number of sulfonamides is 1. The molecule has 1 fully saturated rings. The van der Waals surface area contributed by atoms with E-state index in [1.54, 1.807) is 6.07 Å². The number of rotatable bonds is 4. The van der Waals surface area contributed by atoms with E-state index < -0.39 is 21.7 Å². The second-order valence-electron chi connectivity index (χ2n) is 7.05. The van der Waals surface area contributed by atoms with Gasteiger partial charge in [-0.25, -0.2) is 27.2 Å². The summed E-state index contributed by atoms with van der Waals surface area (Å²) in [5.74, 6) is -0.962. The standard InChI is InChI=1S/C20H18ClF2N5O2S/c1-31(29,30)28-8-6-27(7-9-28)18-12-25-19(15-3-2-13(22)10-17(15)23)20(26-18)14-4-5-24-11-16(14)21/h2-5,10-12H,6-9H2,1H3. The summed E-state index contributed by atoms with van der Waals surface area (Å²) < 4.78 is 52.9. The van der Waals surface area contributed by atoms with Gasteiger partial charge in [0.15, 0.2) is 0 Å². The maximum absolute atomic E-state index is 14.5. The van der Waals surface area contributed by atoms with E-state index in [4.69, 9.17) is 11.6 Å². The first-order valence-electron chi connectivity index (χ1n) is 9.36. The highest BCUT2D eigenvalue weighted by Crippen LogP contribution is 2.35. The molecule has 1 aliphatic heterocycles. The molecule has 11 heteroatoms. The molecule has 162 valence electrons. The number of hydrogen-bond donors (Lipinski definition) is 0. The van der Waals surface area contributed by atoms with Crippen LogP contribution in [0.2, 0.25) is 5.02 Å². The Morgan fingerprint density at radius 3 is 2.39 bits per heavy atom. The highest BCUT2D eigenvalue weighted by Gasteiger charge is 2.26. The summed E-state index contributed by atoms with van der Waals surface area (Å²) >= 11 is 6.32. The first kappa shape index (κ1) is 21.5. The highest BCUT2D eigenvalue weighted by molar-refractivity contribution is 7.88. The Balaban J connectivity index is 1.77. The molecule has 0 aliphatic carbocycles. The van der Waals surface area contributed by atoms with Crippen molar-refractivity contribution in [1.29, 1.82) is 0 Å². The smallest absolute Gasteiger partial charge is 0.211 e. The summed E-state index contributed by atoms with van der Waals surface area (Å²) in [7, 11) is -3.27. The second-order valence-corrected chi connectivity index (χ2v) is 9.44. The molecule has 3 heterocycles. The number of nitrogens with zero attached hydrogens (tertiary/aromatic N) is 5. The van der Waals surface area contributed by atoms with Gasteiger partial charge in [-0.15, -0.1) is 0 Å². The lowest BCUT2D eigenvalue weighted by Gasteiger charge is -2.34. The molecule has 31 heavy (non-hydrogen) atoms. The molecule has 0 unspecified atom stereocenters. The lowest BCUT2D eigenvalue weighted by atomic mass is 10.0. The first-order chi connectivity index (χ1) is 14.7. The molecule has 0 atom stereocenters. The van der Waals surface area contributed by atoms with Crippen LogP contribution in [-0.2, 0) is 10.0 Å². The summed E-state index contributed by atoms with van der Waals surface area (Å²) in [5.41, 5.74) is 1.12. The van der Waals surface area contributed by atoms with Gasteiger partial charge in [0.2, 0.25) is 10.0 Å². The molecule has 3 aromatic rings. The van der Waals surface area contributed by atoms with Crippen LogP contribution in [-0.4, -0.2) is 60.1 Å². The van der Waals surface area contributed by atoms with E-state index in [1.165, 1.54) is 35.2 Å². The van der Waals surface area contributed by atoms with Gasteiger partial charge in [-0.3, -0.25) is 4.98 Å². The molecule has 0 bridgehead atoms. The molecular formula is C20H18ClF2N5O2S. The number of aromatic nitrogens is 3. The molecule has 1 aromatic carbocycles. The van der Waals surface area contributed by atoms with Gasteiger partial charge >= 0.3 is 0 Å². The predicted molar refractivity (Wildman–Crippen MR) is 114 cm³/mol. The van der Waals surface area contributed by atoms with Gasteiger partial charge in [0, 0.05) is 55.8 Å². The zero-order chi connectivity index (χ0) is 22.2. The van der Waals surface area contributed by atoms with Crippen molar-refractivity contribution in [2.45, 2.75) is 0 Å². The van der Waals surface area contributed by atoms with Gasteiger partial charge < -0.3 is 4.90 Å². The van der Waals surface area contributed by atoms with Gasteiger partial charge in [-0.1, -0.05) is 11.6 Å². The monoisotopic (exact) mass is 465 g/mol. The Hall–Kier alpha value is -2.69. The van der Waals surface area contributed by atoms with Gasteiger partial charge in [0.1, 0.15) is 23.1 Å². The fourth-order valence-corrected chi connectivity index (χ4v) is 4.45. The normalized spacial score (nSPS) is 15.3. The van der Waals surface area contributed by atoms with E-state index >= 15 is 0 Å². The third-order valence-electron chi connectivity index (χ3n) is 5.01. The predicted octanol–water partition coefficient (Wildman–Crippen LogP) is 3.22. The molecule has 0 radical (unpaired) electrons. The van der Waals surface area contributed by atoms with Crippen molar-refractivity contribution in [3.8, 4) is 22.5 Å². The zero-order valence-corrected chi connectivity index (χ0v) is 18.0. The summed E-state index contributed by atoms with van der Waals surface area (Å²) in [4.78, 5) is 15.0. The second kappa shape index (κ2) is 8.45. The van der Waals surface area contributed by atoms with Crippen LogP contribution in [0.1, 0.15) is 0 Å². The zero-order valence-electron chi connectivity index (χ0n) is 16.5. The molecule has 4 rings (SSSR count). The van der Waals surface area contributed by atoms with Crippen molar-refractivity contribution < 1.29 is 17.2 Å².